The van der Waals surface area contributed by atoms with Gasteiger partial charge in [-0.15, -0.1) is 11.8 Å². The Balaban J connectivity index is 2.41. The van der Waals surface area contributed by atoms with Crippen molar-refractivity contribution >= 4 is 11.8 Å². The Morgan fingerprint density at radius 3 is 3.08 bits per heavy atom. The third kappa shape index (κ3) is 2.87. The van der Waals surface area contributed by atoms with Gasteiger partial charge in [0.1, 0.15) is 24.8 Å². The number of rotatable bonds is 5. The largest absolute Gasteiger partial charge is 0.381 e. The number of imidazole rings is 1. The van der Waals surface area contributed by atoms with Crippen molar-refractivity contribution in [3.63, 3.8) is 0 Å². The summed E-state index contributed by atoms with van der Waals surface area (Å²) < 4.78 is 9.26. The molecule has 4 heteroatoms. The first-order valence-corrected chi connectivity index (χ1v) is 5.29. The molecule has 0 atom stereocenters. The van der Waals surface area contributed by atoms with E-state index in [4.69, 9.17) is 4.74 Å². The molecule has 0 aliphatic heterocycles. The lowest BCUT2D eigenvalue weighted by Crippen LogP contribution is -2.28. The molecule has 0 amide bonds. The van der Waals surface area contributed by atoms with Gasteiger partial charge < -0.3 is 4.74 Å². The van der Waals surface area contributed by atoms with E-state index in [1.807, 2.05) is 11.8 Å². The molecular weight excluding hydrogens is 172 g/mol. The standard InChI is InChI=1S/C8H15N2OS/c1-11-6-5-9-3-4-10(7-9)8-12-2/h3-4,7H,5-6,8H2,1-2H3/q+1. The van der Waals surface area contributed by atoms with Crippen LogP contribution in [0.2, 0.25) is 0 Å². The van der Waals surface area contributed by atoms with Gasteiger partial charge in [-0.1, -0.05) is 0 Å². The fourth-order valence-electron chi connectivity index (χ4n) is 0.993. The van der Waals surface area contributed by atoms with Crippen molar-refractivity contribution in [2.75, 3.05) is 20.0 Å². The maximum absolute atomic E-state index is 4.98. The van der Waals surface area contributed by atoms with Crippen LogP contribution in [0.1, 0.15) is 0 Å². The van der Waals surface area contributed by atoms with E-state index < -0.39 is 0 Å². The molecular formula is C8H15N2OS+. The normalized spacial score (nSPS) is 10.5. The highest BCUT2D eigenvalue weighted by Crippen LogP contribution is 1.91. The third-order valence-corrected chi connectivity index (χ3v) is 2.13. The Labute approximate surface area is 77.3 Å². The molecule has 0 saturated carbocycles. The van der Waals surface area contributed by atoms with E-state index in [1.165, 1.54) is 0 Å². The lowest BCUT2D eigenvalue weighted by atomic mass is 10.7. The predicted molar refractivity (Wildman–Crippen MR) is 50.0 cm³/mol. The van der Waals surface area contributed by atoms with Crippen molar-refractivity contribution in [2.24, 2.45) is 0 Å². The zero-order valence-corrected chi connectivity index (χ0v) is 8.38. The van der Waals surface area contributed by atoms with Gasteiger partial charge in [0.15, 0.2) is 0 Å². The molecule has 1 aromatic heterocycles. The van der Waals surface area contributed by atoms with Crippen LogP contribution < -0.4 is 4.57 Å². The van der Waals surface area contributed by atoms with Crippen LogP contribution in [-0.2, 0) is 17.2 Å². The van der Waals surface area contributed by atoms with Gasteiger partial charge in [0.05, 0.1) is 6.61 Å². The highest BCUT2D eigenvalue weighted by atomic mass is 32.2. The molecule has 68 valence electrons. The Morgan fingerprint density at radius 2 is 2.42 bits per heavy atom. The van der Waals surface area contributed by atoms with Crippen molar-refractivity contribution in [1.82, 2.24) is 4.57 Å². The second kappa shape index (κ2) is 5.22. The van der Waals surface area contributed by atoms with Crippen LogP contribution in [0.25, 0.3) is 0 Å². The molecule has 0 aromatic carbocycles. The summed E-state index contributed by atoms with van der Waals surface area (Å²) in [5.74, 6) is 1.01. The van der Waals surface area contributed by atoms with Crippen LogP contribution in [0.3, 0.4) is 0 Å². The van der Waals surface area contributed by atoms with E-state index >= 15 is 0 Å². The third-order valence-electron chi connectivity index (χ3n) is 1.58. The van der Waals surface area contributed by atoms with E-state index in [1.54, 1.807) is 7.11 Å². The molecule has 0 bridgehead atoms. The molecule has 0 unspecified atom stereocenters. The van der Waals surface area contributed by atoms with Crippen LogP contribution in [-0.4, -0.2) is 24.5 Å². The number of hydrogen-bond donors (Lipinski definition) is 0. The zero-order valence-electron chi connectivity index (χ0n) is 7.56. The lowest BCUT2D eigenvalue weighted by Gasteiger charge is -1.93. The second-order valence-corrected chi connectivity index (χ2v) is 3.41. The maximum atomic E-state index is 4.98. The number of aromatic nitrogens is 2. The topological polar surface area (TPSA) is 18.0 Å². The molecule has 1 rings (SSSR count). The number of thioether (sulfide) groups is 1. The molecule has 0 N–H and O–H groups in total. The molecule has 1 heterocycles. The minimum absolute atomic E-state index is 0.772. The number of ether oxygens (including phenoxy) is 1. The number of methoxy groups -OCH3 is 1. The minimum Gasteiger partial charge on any atom is -0.381 e. The van der Waals surface area contributed by atoms with Crippen LogP contribution in [0.4, 0.5) is 0 Å². The Bertz CT molecular complexity index is 225. The summed E-state index contributed by atoms with van der Waals surface area (Å²) in [4.78, 5) is 0. The van der Waals surface area contributed by atoms with E-state index in [9.17, 15) is 0 Å². The van der Waals surface area contributed by atoms with Gasteiger partial charge >= 0.3 is 0 Å². The van der Waals surface area contributed by atoms with Crippen LogP contribution in [0, 0.1) is 0 Å². The van der Waals surface area contributed by atoms with E-state index in [0.29, 0.717) is 0 Å². The summed E-state index contributed by atoms with van der Waals surface area (Å²) in [5, 5.41) is 0. The van der Waals surface area contributed by atoms with Gasteiger partial charge in [0.25, 0.3) is 0 Å². The molecule has 0 fully saturated rings. The average molecular weight is 187 g/mol. The van der Waals surface area contributed by atoms with Gasteiger partial charge in [-0.05, 0) is 6.26 Å². The summed E-state index contributed by atoms with van der Waals surface area (Å²) in [7, 11) is 1.72. The summed E-state index contributed by atoms with van der Waals surface area (Å²) in [6.07, 6.45) is 8.33. The van der Waals surface area contributed by atoms with Gasteiger partial charge in [0, 0.05) is 7.11 Å². The molecule has 0 aliphatic rings. The Kier molecular flexibility index (Phi) is 4.18. The van der Waals surface area contributed by atoms with E-state index in [0.717, 1.165) is 19.0 Å². The predicted octanol–water partition coefficient (Wildman–Crippen LogP) is 0.742. The molecule has 3 nitrogen and oxygen atoms in total. The Hall–Kier alpha value is -0.480. The number of nitrogens with zero attached hydrogens (tertiary/aromatic N) is 2. The molecule has 1 aromatic rings. The Morgan fingerprint density at radius 1 is 1.58 bits per heavy atom. The molecule has 0 spiro atoms. The fourth-order valence-corrected chi connectivity index (χ4v) is 1.44. The first-order chi connectivity index (χ1) is 5.86. The fraction of sp³-hybridized carbons (Fsp3) is 0.625. The van der Waals surface area contributed by atoms with Gasteiger partial charge in [-0.3, -0.25) is 0 Å². The molecule has 0 radical (unpaired) electrons. The van der Waals surface area contributed by atoms with Crippen LogP contribution >= 0.6 is 11.8 Å². The van der Waals surface area contributed by atoms with E-state index in [2.05, 4.69) is 34.1 Å². The van der Waals surface area contributed by atoms with Gasteiger partial charge in [-0.2, -0.15) is 0 Å². The summed E-state index contributed by atoms with van der Waals surface area (Å²) in [5.41, 5.74) is 0. The monoisotopic (exact) mass is 187 g/mol. The SMILES string of the molecule is COCCn1cc[n+](CSC)c1. The van der Waals surface area contributed by atoms with Gasteiger partial charge in [0.2, 0.25) is 6.33 Å². The van der Waals surface area contributed by atoms with Crippen molar-refractivity contribution in [1.29, 1.82) is 0 Å². The van der Waals surface area contributed by atoms with Crippen molar-refractivity contribution in [2.45, 2.75) is 12.4 Å². The summed E-state index contributed by atoms with van der Waals surface area (Å²) in [6, 6.07) is 0. The average Bonchev–Trinajstić information content (AvgIpc) is 2.50. The second-order valence-electron chi connectivity index (χ2n) is 2.58. The number of hydrogen-bond acceptors (Lipinski definition) is 2. The maximum Gasteiger partial charge on any atom is 0.244 e. The quantitative estimate of drug-likeness (QED) is 0.633. The first kappa shape index (κ1) is 9.61. The minimum atomic E-state index is 0.772. The summed E-state index contributed by atoms with van der Waals surface area (Å²) in [6.45, 7) is 1.70. The van der Waals surface area contributed by atoms with Crippen LogP contribution in [0.5, 0.6) is 0 Å². The van der Waals surface area contributed by atoms with Crippen molar-refractivity contribution in [3.8, 4) is 0 Å². The van der Waals surface area contributed by atoms with Crippen molar-refractivity contribution < 1.29 is 9.30 Å². The van der Waals surface area contributed by atoms with E-state index in [-0.39, 0.29) is 0 Å². The molecule has 0 saturated heterocycles. The first-order valence-electron chi connectivity index (χ1n) is 3.89. The van der Waals surface area contributed by atoms with Crippen molar-refractivity contribution in [3.05, 3.63) is 18.7 Å². The van der Waals surface area contributed by atoms with Crippen LogP contribution in [0.15, 0.2) is 18.7 Å². The summed E-state index contributed by atoms with van der Waals surface area (Å²) >= 11 is 1.81. The zero-order chi connectivity index (χ0) is 8.81. The lowest BCUT2D eigenvalue weighted by molar-refractivity contribution is -0.675. The van der Waals surface area contributed by atoms with Gasteiger partial charge in [-0.25, -0.2) is 9.13 Å². The highest BCUT2D eigenvalue weighted by Gasteiger charge is 2.00. The molecule has 12 heavy (non-hydrogen) atoms. The molecule has 0 aliphatic carbocycles. The smallest absolute Gasteiger partial charge is 0.244 e. The highest BCUT2D eigenvalue weighted by molar-refractivity contribution is 7.97.